The fourth-order valence-electron chi connectivity index (χ4n) is 7.46. The predicted molar refractivity (Wildman–Crippen MR) is 220 cm³/mol. The Morgan fingerprint density at radius 2 is 1.04 bits per heavy atom. The number of rotatable bonds is 8. The van der Waals surface area contributed by atoms with Crippen LogP contribution in [0.25, 0.3) is 39.1 Å². The van der Waals surface area contributed by atoms with E-state index in [1.807, 2.05) is 65.6 Å². The number of benzene rings is 7. The summed E-state index contributed by atoms with van der Waals surface area (Å²) in [6, 6.07) is 59.5. The van der Waals surface area contributed by atoms with Crippen molar-refractivity contribution in [1.29, 1.82) is 0 Å². The Labute approximate surface area is 337 Å². The van der Waals surface area contributed by atoms with Crippen LogP contribution in [0.15, 0.2) is 164 Å². The van der Waals surface area contributed by atoms with Crippen molar-refractivity contribution in [2.45, 2.75) is 20.8 Å². The van der Waals surface area contributed by atoms with Gasteiger partial charge < -0.3 is 14.5 Å². The van der Waals surface area contributed by atoms with Gasteiger partial charge in [-0.15, -0.1) is 48.8 Å². The van der Waals surface area contributed by atoms with Crippen LogP contribution in [0.3, 0.4) is 0 Å². The average Bonchev–Trinajstić information content (AvgIpc) is 3.84. The van der Waals surface area contributed by atoms with Gasteiger partial charge in [0.05, 0.1) is 6.20 Å². The number of aryl methyl sites for hydroxylation is 3. The molecule has 2 heterocycles. The summed E-state index contributed by atoms with van der Waals surface area (Å²) >= 11 is 0. The van der Waals surface area contributed by atoms with E-state index < -0.39 is 0 Å². The molecule has 0 bridgehead atoms. The van der Waals surface area contributed by atoms with Gasteiger partial charge in [-0.1, -0.05) is 109 Å². The molecule has 1 aliphatic rings. The predicted octanol–water partition coefficient (Wildman–Crippen LogP) is 12.6. The minimum atomic E-state index is 0. The van der Waals surface area contributed by atoms with Crippen LogP contribution in [-0.4, -0.2) is 9.78 Å². The molecule has 55 heavy (non-hydrogen) atoms. The first-order chi connectivity index (χ1) is 26.5. The molecule has 0 amide bonds. The molecule has 5 nitrogen and oxygen atoms in total. The monoisotopic (exact) mass is 892 g/mol. The van der Waals surface area contributed by atoms with E-state index in [9.17, 15) is 0 Å². The molecule has 8 aromatic rings. The van der Waals surface area contributed by atoms with Crippen molar-refractivity contribution in [3.05, 3.63) is 200 Å². The van der Waals surface area contributed by atoms with E-state index in [0.29, 0.717) is 11.5 Å². The molecule has 6 heteroatoms. The first-order valence-corrected chi connectivity index (χ1v) is 18.1. The summed E-state index contributed by atoms with van der Waals surface area (Å²) in [5.41, 5.74) is 15.5. The fourth-order valence-corrected chi connectivity index (χ4v) is 7.46. The third kappa shape index (κ3) is 7.12. The van der Waals surface area contributed by atoms with Crippen molar-refractivity contribution in [1.82, 2.24) is 9.78 Å². The van der Waals surface area contributed by atoms with Crippen LogP contribution in [-0.2, 0) is 21.1 Å². The number of anilines is 4. The molecule has 1 aromatic heterocycles. The second-order valence-electron chi connectivity index (χ2n) is 13.7. The van der Waals surface area contributed by atoms with Crippen molar-refractivity contribution in [2.75, 3.05) is 9.80 Å². The van der Waals surface area contributed by atoms with Crippen LogP contribution < -0.4 is 14.5 Å². The summed E-state index contributed by atoms with van der Waals surface area (Å²) in [5.74, 6) is 1.17. The first kappa shape index (κ1) is 35.8. The largest absolute Gasteiger partial charge is 0.509 e. The fraction of sp³-hybridized carbons (Fsp3) is 0.0612. The zero-order valence-electron chi connectivity index (χ0n) is 30.7. The topological polar surface area (TPSA) is 33.5 Å². The van der Waals surface area contributed by atoms with Crippen LogP contribution >= 0.6 is 0 Å². The summed E-state index contributed by atoms with van der Waals surface area (Å²) in [7, 11) is 0. The number of aromatic nitrogens is 2. The van der Waals surface area contributed by atoms with E-state index in [0.717, 1.165) is 45.0 Å². The maximum atomic E-state index is 6.45. The molecule has 7 aromatic carbocycles. The molecule has 1 aliphatic heterocycles. The van der Waals surface area contributed by atoms with Gasteiger partial charge in [-0.05, 0) is 77.5 Å². The Bertz CT molecular complexity index is 2580. The Hall–Kier alpha value is -6.16. The minimum absolute atomic E-state index is 0. The van der Waals surface area contributed by atoms with Gasteiger partial charge in [-0.3, -0.25) is 4.68 Å². The third-order valence-corrected chi connectivity index (χ3v) is 9.83. The molecule has 0 radical (unpaired) electrons. The van der Waals surface area contributed by atoms with Crippen molar-refractivity contribution in [2.24, 2.45) is 0 Å². The maximum absolute atomic E-state index is 6.45. The molecule has 0 N–H and O–H groups in total. The molecule has 9 rings (SSSR count). The molecule has 0 saturated heterocycles. The summed E-state index contributed by atoms with van der Waals surface area (Å²) in [5, 5.41) is 4.61. The van der Waals surface area contributed by atoms with Crippen molar-refractivity contribution >= 4 is 22.7 Å². The number of ether oxygens (including phenoxy) is 1. The van der Waals surface area contributed by atoms with E-state index >= 15 is 0 Å². The maximum Gasteiger partial charge on any atom is 0.0571 e. The van der Waals surface area contributed by atoms with Gasteiger partial charge in [-0.2, -0.15) is 17.2 Å². The second kappa shape index (κ2) is 15.3. The number of hydrogen-bond donors (Lipinski definition) is 0. The van der Waals surface area contributed by atoms with E-state index in [1.54, 1.807) is 0 Å². The smallest absolute Gasteiger partial charge is 0.0571 e. The summed E-state index contributed by atoms with van der Waals surface area (Å²) in [4.78, 5) is 4.55. The molecule has 0 spiro atoms. The Morgan fingerprint density at radius 3 is 1.62 bits per heavy atom. The van der Waals surface area contributed by atoms with Gasteiger partial charge in [0.25, 0.3) is 0 Å². The van der Waals surface area contributed by atoms with Gasteiger partial charge >= 0.3 is 0 Å². The quantitative estimate of drug-likeness (QED) is 0.142. The van der Waals surface area contributed by atoms with Crippen LogP contribution in [0.1, 0.15) is 16.7 Å². The first-order valence-electron chi connectivity index (χ1n) is 18.1. The third-order valence-electron chi connectivity index (χ3n) is 9.83. The average molecular weight is 893 g/mol. The summed E-state index contributed by atoms with van der Waals surface area (Å²) in [6.45, 7) is 8.73. The summed E-state index contributed by atoms with van der Waals surface area (Å²) < 4.78 is 8.27. The van der Waals surface area contributed by atoms with Gasteiger partial charge in [0.2, 0.25) is 0 Å². The molecule has 272 valence electrons. The normalized spacial score (nSPS) is 12.0. The van der Waals surface area contributed by atoms with Gasteiger partial charge in [-0.25, -0.2) is 0 Å². The second-order valence-corrected chi connectivity index (χ2v) is 13.7. The van der Waals surface area contributed by atoms with Gasteiger partial charge in [0.1, 0.15) is 0 Å². The number of nitrogens with zero attached hydrogens (tertiary/aromatic N) is 4. The molecular formula is C49H37N4OPt-3. The van der Waals surface area contributed by atoms with Crippen LogP contribution in [0.5, 0.6) is 11.5 Å². The molecule has 0 aliphatic carbocycles. The zero-order chi connectivity index (χ0) is 36.6. The Balaban J connectivity index is 0.00000427. The zero-order valence-corrected chi connectivity index (χ0v) is 33.0. The molecule has 0 saturated carbocycles. The van der Waals surface area contributed by atoms with Crippen molar-refractivity contribution < 1.29 is 25.8 Å². The molecular weight excluding hydrogens is 856 g/mol. The standard InChI is InChI=1S/C49H37N4O.Pt/c1-34-25-35(2)49(36(3)26-34)52-33-51(47-29-45(38-17-9-5-10-18-38)46(30-48(47)52)39-19-11-6-12-20-39)41-21-13-23-43(27-41)54-44-24-14-22-42(28-44)53-32-40(31-50-53)37-15-7-4-8-16-37;/h4-26,29-33H,1-3H3;/q-3;. The SMILES string of the molecule is Cc1cc(C)c(N2[CH-]N(c3[c-]c(Oc4[c-]c(-n5cc(-c6ccccc6)cn5)ccc4)ccc3)c3cc(-c4ccccc4)c(-c4ccccc4)cc32)c(C)c1.[Pt]. The molecule has 0 fully saturated rings. The van der Waals surface area contributed by atoms with Crippen LogP contribution in [0.4, 0.5) is 22.7 Å². The van der Waals surface area contributed by atoms with Crippen molar-refractivity contribution in [3.63, 3.8) is 0 Å². The van der Waals surface area contributed by atoms with E-state index in [1.165, 1.54) is 33.5 Å². The van der Waals surface area contributed by atoms with Crippen LogP contribution in [0, 0.1) is 39.6 Å². The Kier molecular flexibility index (Phi) is 9.97. The minimum Gasteiger partial charge on any atom is -0.509 e. The molecule has 0 atom stereocenters. The van der Waals surface area contributed by atoms with Crippen LogP contribution in [0.2, 0.25) is 0 Å². The van der Waals surface area contributed by atoms with Gasteiger partial charge in [0.15, 0.2) is 0 Å². The Morgan fingerprint density at radius 1 is 0.527 bits per heavy atom. The van der Waals surface area contributed by atoms with E-state index in [2.05, 4.69) is 158 Å². The van der Waals surface area contributed by atoms with Crippen molar-refractivity contribution in [3.8, 4) is 50.6 Å². The number of hydrogen-bond acceptors (Lipinski definition) is 4. The summed E-state index contributed by atoms with van der Waals surface area (Å²) in [6.07, 6.45) is 3.88. The van der Waals surface area contributed by atoms with E-state index in [4.69, 9.17) is 4.74 Å². The number of fused-ring (bicyclic) bond motifs is 1. The van der Waals surface area contributed by atoms with E-state index in [-0.39, 0.29) is 21.1 Å². The van der Waals surface area contributed by atoms with Gasteiger partial charge in [0, 0.05) is 61.4 Å². The molecule has 0 unspecified atom stereocenters.